The molecule has 1 aromatic carbocycles. The molecule has 0 aliphatic heterocycles. The van der Waals surface area contributed by atoms with Crippen LogP contribution in [-0.4, -0.2) is 30.6 Å². The Balaban J connectivity index is 2.93. The first-order valence-electron chi connectivity index (χ1n) is 5.07. The van der Waals surface area contributed by atoms with Gasteiger partial charge in [0.25, 0.3) is 5.91 Å². The van der Waals surface area contributed by atoms with Crippen molar-refractivity contribution in [2.45, 2.75) is 0 Å². The molecule has 0 bridgehead atoms. The Morgan fingerprint density at radius 2 is 2.22 bits per heavy atom. The maximum Gasteiger partial charge on any atom is 0.328 e. The third-order valence-corrected chi connectivity index (χ3v) is 2.37. The van der Waals surface area contributed by atoms with Gasteiger partial charge in [-0.05, 0) is 18.2 Å². The molecule has 1 aromatic rings. The van der Waals surface area contributed by atoms with E-state index in [9.17, 15) is 9.59 Å². The summed E-state index contributed by atoms with van der Waals surface area (Å²) in [5.41, 5.74) is 0.422. The minimum Gasteiger partial charge on any atom is -0.483 e. The second-order valence-electron chi connectivity index (χ2n) is 3.29. The summed E-state index contributed by atoms with van der Waals surface area (Å²) in [5, 5.41) is 11.3. The highest BCUT2D eigenvalue weighted by Gasteiger charge is 2.07. The fourth-order valence-corrected chi connectivity index (χ4v) is 1.40. The molecular formula is C12H12ClNO4. The summed E-state index contributed by atoms with van der Waals surface area (Å²) in [6.07, 6.45) is 2.28. The molecule has 1 amide bonds. The van der Waals surface area contributed by atoms with Gasteiger partial charge in [-0.3, -0.25) is 4.79 Å². The number of hydrogen-bond donors (Lipinski definition) is 2. The highest BCUT2D eigenvalue weighted by Crippen LogP contribution is 2.27. The molecule has 0 fully saturated rings. The molecular weight excluding hydrogens is 258 g/mol. The smallest absolute Gasteiger partial charge is 0.328 e. The van der Waals surface area contributed by atoms with Gasteiger partial charge in [0, 0.05) is 18.7 Å². The van der Waals surface area contributed by atoms with Gasteiger partial charge < -0.3 is 15.2 Å². The highest BCUT2D eigenvalue weighted by atomic mass is 35.5. The van der Waals surface area contributed by atoms with Gasteiger partial charge in [0.15, 0.2) is 6.61 Å². The first kappa shape index (κ1) is 14.1. The number of hydrogen-bond acceptors (Lipinski definition) is 3. The summed E-state index contributed by atoms with van der Waals surface area (Å²) in [6, 6.07) is 4.87. The summed E-state index contributed by atoms with van der Waals surface area (Å²) >= 11 is 5.94. The predicted molar refractivity (Wildman–Crippen MR) is 67.7 cm³/mol. The number of amides is 1. The molecule has 0 saturated carbocycles. The molecule has 1 rings (SSSR count). The van der Waals surface area contributed by atoms with E-state index in [4.69, 9.17) is 21.4 Å². The number of carboxylic acids is 1. The van der Waals surface area contributed by atoms with Gasteiger partial charge in [-0.15, -0.1) is 0 Å². The number of halogens is 1. The average molecular weight is 270 g/mol. The van der Waals surface area contributed by atoms with E-state index in [1.54, 1.807) is 18.2 Å². The lowest BCUT2D eigenvalue weighted by Gasteiger charge is -2.09. The maximum atomic E-state index is 11.1. The van der Waals surface area contributed by atoms with Gasteiger partial charge in [0.05, 0.1) is 5.02 Å². The van der Waals surface area contributed by atoms with Crippen LogP contribution in [-0.2, 0) is 9.59 Å². The van der Waals surface area contributed by atoms with Crippen LogP contribution in [0.15, 0.2) is 24.3 Å². The molecule has 0 aliphatic rings. The third-order valence-electron chi connectivity index (χ3n) is 2.04. The van der Waals surface area contributed by atoms with Gasteiger partial charge in [-0.25, -0.2) is 4.79 Å². The number of carbonyl (C=O) groups excluding carboxylic acids is 1. The Morgan fingerprint density at radius 3 is 2.83 bits per heavy atom. The Kier molecular flexibility index (Phi) is 5.20. The Bertz CT molecular complexity index is 485. The number of benzene rings is 1. The van der Waals surface area contributed by atoms with Crippen LogP contribution in [0.25, 0.3) is 6.08 Å². The summed E-state index contributed by atoms with van der Waals surface area (Å²) in [4.78, 5) is 21.5. The zero-order chi connectivity index (χ0) is 13.5. The van der Waals surface area contributed by atoms with Gasteiger partial charge in [-0.2, -0.15) is 0 Å². The van der Waals surface area contributed by atoms with Crippen LogP contribution in [0.3, 0.4) is 0 Å². The third kappa shape index (κ3) is 4.10. The van der Waals surface area contributed by atoms with Gasteiger partial charge in [0.1, 0.15) is 5.75 Å². The molecule has 0 aromatic heterocycles. The van der Waals surface area contributed by atoms with E-state index >= 15 is 0 Å². The first-order chi connectivity index (χ1) is 8.54. The van der Waals surface area contributed by atoms with Gasteiger partial charge in [-0.1, -0.05) is 17.7 Å². The number of ether oxygens (including phenoxy) is 1. The van der Waals surface area contributed by atoms with Crippen molar-refractivity contribution < 1.29 is 19.4 Å². The van der Waals surface area contributed by atoms with E-state index < -0.39 is 5.97 Å². The lowest BCUT2D eigenvalue weighted by molar-refractivity contribution is -0.131. The van der Waals surface area contributed by atoms with Crippen molar-refractivity contribution in [3.05, 3.63) is 34.9 Å². The quantitative estimate of drug-likeness (QED) is 0.796. The minimum absolute atomic E-state index is 0.162. The summed E-state index contributed by atoms with van der Waals surface area (Å²) in [7, 11) is 1.49. The van der Waals surface area contributed by atoms with E-state index in [2.05, 4.69) is 5.32 Å². The normalized spacial score (nSPS) is 10.3. The topological polar surface area (TPSA) is 75.6 Å². The second-order valence-corrected chi connectivity index (χ2v) is 3.69. The number of nitrogens with one attached hydrogen (secondary N) is 1. The monoisotopic (exact) mass is 269 g/mol. The molecule has 6 heteroatoms. The number of carboxylic acid groups (broad SMARTS) is 1. The Morgan fingerprint density at radius 1 is 1.50 bits per heavy atom. The Hall–Kier alpha value is -2.01. The molecule has 0 unspecified atom stereocenters. The Labute approximate surface area is 109 Å². The number of carbonyl (C=O) groups is 2. The molecule has 96 valence electrons. The SMILES string of the molecule is CNC(=O)COc1cccc(Cl)c1/C=C/C(=O)O. The van der Waals surface area contributed by atoms with E-state index in [0.29, 0.717) is 16.3 Å². The number of aliphatic carboxylic acids is 1. The zero-order valence-corrected chi connectivity index (χ0v) is 10.4. The number of rotatable bonds is 5. The maximum absolute atomic E-state index is 11.1. The van der Waals surface area contributed by atoms with E-state index in [-0.39, 0.29) is 12.5 Å². The van der Waals surface area contributed by atoms with Crippen LogP contribution >= 0.6 is 11.6 Å². The molecule has 0 spiro atoms. The van der Waals surface area contributed by atoms with Crippen molar-refractivity contribution in [1.29, 1.82) is 0 Å². The summed E-state index contributed by atoms with van der Waals surface area (Å²) in [5.74, 6) is -1.03. The first-order valence-corrected chi connectivity index (χ1v) is 5.45. The van der Waals surface area contributed by atoms with Crippen molar-refractivity contribution >= 4 is 29.6 Å². The largest absolute Gasteiger partial charge is 0.483 e. The predicted octanol–water partition coefficient (Wildman–Crippen LogP) is 1.56. The molecule has 5 nitrogen and oxygen atoms in total. The summed E-state index contributed by atoms with van der Waals surface area (Å²) in [6.45, 7) is -0.162. The fourth-order valence-electron chi connectivity index (χ4n) is 1.17. The summed E-state index contributed by atoms with van der Waals surface area (Å²) < 4.78 is 5.26. The molecule has 0 atom stereocenters. The molecule has 2 N–H and O–H groups in total. The van der Waals surface area contributed by atoms with E-state index in [1.165, 1.54) is 13.1 Å². The van der Waals surface area contributed by atoms with Crippen LogP contribution < -0.4 is 10.1 Å². The number of likely N-dealkylation sites (N-methyl/N-ethyl adjacent to an activating group) is 1. The zero-order valence-electron chi connectivity index (χ0n) is 9.64. The highest BCUT2D eigenvalue weighted by molar-refractivity contribution is 6.32. The second kappa shape index (κ2) is 6.66. The lowest BCUT2D eigenvalue weighted by Crippen LogP contribution is -2.25. The van der Waals surface area contributed by atoms with E-state index in [0.717, 1.165) is 6.08 Å². The molecule has 0 aliphatic carbocycles. The van der Waals surface area contributed by atoms with E-state index in [1.807, 2.05) is 0 Å². The standard InChI is InChI=1S/C12H12ClNO4/c1-14-11(15)7-18-10-4-2-3-9(13)8(10)5-6-12(16)17/h2-6H,7H2,1H3,(H,14,15)(H,16,17)/b6-5+. The minimum atomic E-state index is -1.09. The van der Waals surface area contributed by atoms with Crippen LogP contribution in [0.1, 0.15) is 5.56 Å². The lowest BCUT2D eigenvalue weighted by atomic mass is 10.2. The van der Waals surface area contributed by atoms with Crippen LogP contribution in [0, 0.1) is 0 Å². The van der Waals surface area contributed by atoms with Crippen molar-refractivity contribution in [3.8, 4) is 5.75 Å². The molecule has 0 radical (unpaired) electrons. The van der Waals surface area contributed by atoms with Crippen molar-refractivity contribution in [1.82, 2.24) is 5.32 Å². The fraction of sp³-hybridized carbons (Fsp3) is 0.167. The van der Waals surface area contributed by atoms with Crippen LogP contribution in [0.4, 0.5) is 0 Å². The van der Waals surface area contributed by atoms with Gasteiger partial charge in [0.2, 0.25) is 0 Å². The van der Waals surface area contributed by atoms with Crippen molar-refractivity contribution in [3.63, 3.8) is 0 Å². The molecule has 0 saturated heterocycles. The molecule has 18 heavy (non-hydrogen) atoms. The van der Waals surface area contributed by atoms with Crippen molar-refractivity contribution in [2.75, 3.05) is 13.7 Å². The van der Waals surface area contributed by atoms with Crippen LogP contribution in [0.5, 0.6) is 5.75 Å². The van der Waals surface area contributed by atoms with Crippen LogP contribution in [0.2, 0.25) is 5.02 Å². The van der Waals surface area contributed by atoms with Crippen molar-refractivity contribution in [2.24, 2.45) is 0 Å². The molecule has 0 heterocycles. The van der Waals surface area contributed by atoms with Gasteiger partial charge >= 0.3 is 5.97 Å². The average Bonchev–Trinajstić information content (AvgIpc) is 2.34.